The first-order chi connectivity index (χ1) is 19.0. The largest absolute Gasteiger partial charge is 0.376 e. The van der Waals surface area contributed by atoms with E-state index in [9.17, 15) is 14.0 Å². The second kappa shape index (κ2) is 12.2. The van der Waals surface area contributed by atoms with Crippen LogP contribution in [-0.4, -0.2) is 57.5 Å². The van der Waals surface area contributed by atoms with Crippen molar-refractivity contribution >= 4 is 22.8 Å². The van der Waals surface area contributed by atoms with Crippen LogP contribution in [-0.2, 0) is 27.3 Å². The lowest BCUT2D eigenvalue weighted by Gasteiger charge is -2.32. The van der Waals surface area contributed by atoms with Gasteiger partial charge >= 0.3 is 0 Å². The molecule has 1 fully saturated rings. The van der Waals surface area contributed by atoms with E-state index in [-0.39, 0.29) is 31.0 Å². The molecule has 2 heterocycles. The van der Waals surface area contributed by atoms with Crippen molar-refractivity contribution in [2.24, 2.45) is 0 Å². The Kier molecular flexibility index (Phi) is 8.27. The first kappa shape index (κ1) is 26.5. The second-order valence-corrected chi connectivity index (χ2v) is 9.90. The monoisotopic (exact) mass is 529 g/mol. The normalized spacial score (nSPS) is 15.8. The third-order valence-electron chi connectivity index (χ3n) is 7.02. The molecule has 0 bridgehead atoms. The van der Waals surface area contributed by atoms with Crippen LogP contribution in [0, 0.1) is 12.7 Å². The minimum absolute atomic E-state index is 0.0548. The van der Waals surface area contributed by atoms with Crippen molar-refractivity contribution in [2.75, 3.05) is 19.7 Å². The number of halogens is 1. The number of rotatable bonds is 10. The van der Waals surface area contributed by atoms with Crippen molar-refractivity contribution in [3.8, 4) is 0 Å². The number of carbonyl (C=O) groups is 2. The summed E-state index contributed by atoms with van der Waals surface area (Å²) in [4.78, 5) is 29.2. The zero-order valence-corrected chi connectivity index (χ0v) is 21.9. The van der Waals surface area contributed by atoms with Gasteiger partial charge < -0.3 is 15.0 Å². The molecule has 2 amide bonds. The Balaban J connectivity index is 1.46. The van der Waals surface area contributed by atoms with Crippen molar-refractivity contribution < 1.29 is 18.7 Å². The van der Waals surface area contributed by atoms with Crippen LogP contribution in [0.2, 0.25) is 0 Å². The zero-order chi connectivity index (χ0) is 27.2. The number of aryl methyl sites for hydroxylation is 1. The number of benzene rings is 3. The summed E-state index contributed by atoms with van der Waals surface area (Å²) < 4.78 is 21.1. The Labute approximate surface area is 226 Å². The fraction of sp³-hybridized carbons (Fsp3) is 0.333. The summed E-state index contributed by atoms with van der Waals surface area (Å²) in [5.41, 5.74) is 4.11. The van der Waals surface area contributed by atoms with Gasteiger partial charge in [-0.2, -0.15) is 0 Å². The SMILES string of the molecule is Cc1cccc(CCN(C(=O)Cn2nnc3ccccc32)[C@@H](C(=O)NC[C@@H]2CCCO2)c2ccc(F)cc2)c1. The highest BCUT2D eigenvalue weighted by Gasteiger charge is 2.32. The Morgan fingerprint density at radius 1 is 1.13 bits per heavy atom. The maximum Gasteiger partial charge on any atom is 0.247 e. The van der Waals surface area contributed by atoms with Crippen molar-refractivity contribution in [2.45, 2.75) is 44.9 Å². The number of nitrogens with one attached hydrogen (secondary N) is 1. The first-order valence-corrected chi connectivity index (χ1v) is 13.3. The number of hydrogen-bond acceptors (Lipinski definition) is 5. The molecule has 0 aliphatic carbocycles. The minimum Gasteiger partial charge on any atom is -0.376 e. The maximum absolute atomic E-state index is 13.9. The molecule has 1 saturated heterocycles. The van der Waals surface area contributed by atoms with E-state index in [1.54, 1.807) is 21.7 Å². The van der Waals surface area contributed by atoms with Gasteiger partial charge in [-0.25, -0.2) is 9.07 Å². The van der Waals surface area contributed by atoms with Gasteiger partial charge in [0.25, 0.3) is 0 Å². The van der Waals surface area contributed by atoms with Crippen LogP contribution in [0.4, 0.5) is 4.39 Å². The molecule has 0 radical (unpaired) electrons. The summed E-state index contributed by atoms with van der Waals surface area (Å²) in [5.74, 6) is -1.04. The fourth-order valence-electron chi connectivity index (χ4n) is 5.00. The van der Waals surface area contributed by atoms with Gasteiger partial charge in [-0.1, -0.05) is 59.3 Å². The molecule has 9 heteroatoms. The van der Waals surface area contributed by atoms with E-state index in [2.05, 4.69) is 21.7 Å². The standard InChI is InChI=1S/C30H32FN5O3/c1-21-6-4-7-22(18-21)15-16-35(28(37)20-36-27-10-3-2-9-26(27)33-34-36)29(23-11-13-24(31)14-12-23)30(38)32-19-25-8-5-17-39-25/h2-4,6-7,9-14,18,25,29H,5,8,15-17,19-20H2,1H3,(H,32,38)/t25-,29+/m0/s1. The topological polar surface area (TPSA) is 89.4 Å². The van der Waals surface area contributed by atoms with Gasteiger partial charge in [0.1, 0.15) is 23.9 Å². The molecule has 3 aromatic carbocycles. The van der Waals surface area contributed by atoms with E-state index in [0.717, 1.165) is 29.5 Å². The Hall–Kier alpha value is -4.11. The predicted octanol–water partition coefficient (Wildman–Crippen LogP) is 3.99. The van der Waals surface area contributed by atoms with Gasteiger partial charge in [0.15, 0.2) is 0 Å². The zero-order valence-electron chi connectivity index (χ0n) is 21.9. The van der Waals surface area contributed by atoms with Gasteiger partial charge in [-0.3, -0.25) is 9.59 Å². The van der Waals surface area contributed by atoms with Crippen molar-refractivity contribution in [1.29, 1.82) is 0 Å². The number of para-hydroxylation sites is 1. The number of nitrogens with zero attached hydrogens (tertiary/aromatic N) is 4. The molecule has 202 valence electrons. The molecule has 4 aromatic rings. The van der Waals surface area contributed by atoms with Crippen LogP contribution in [0.1, 0.15) is 35.6 Å². The Morgan fingerprint density at radius 3 is 2.72 bits per heavy atom. The smallest absolute Gasteiger partial charge is 0.247 e. The van der Waals surface area contributed by atoms with Gasteiger partial charge in [0.2, 0.25) is 11.8 Å². The third-order valence-corrected chi connectivity index (χ3v) is 7.02. The highest BCUT2D eigenvalue weighted by Crippen LogP contribution is 2.24. The van der Waals surface area contributed by atoms with Gasteiger partial charge in [-0.15, -0.1) is 5.10 Å². The molecule has 39 heavy (non-hydrogen) atoms. The summed E-state index contributed by atoms with van der Waals surface area (Å²) in [6.45, 7) is 3.23. The van der Waals surface area contributed by atoms with E-state index < -0.39 is 11.9 Å². The van der Waals surface area contributed by atoms with Crippen LogP contribution in [0.3, 0.4) is 0 Å². The number of ether oxygens (including phenoxy) is 1. The highest BCUT2D eigenvalue weighted by molar-refractivity contribution is 5.89. The Morgan fingerprint density at radius 2 is 1.95 bits per heavy atom. The maximum atomic E-state index is 13.9. The average molecular weight is 530 g/mol. The highest BCUT2D eigenvalue weighted by atomic mass is 19.1. The van der Waals surface area contributed by atoms with Crippen LogP contribution in [0.15, 0.2) is 72.8 Å². The van der Waals surface area contributed by atoms with E-state index in [1.165, 1.54) is 12.1 Å². The van der Waals surface area contributed by atoms with Crippen LogP contribution in [0.5, 0.6) is 0 Å². The summed E-state index contributed by atoms with van der Waals surface area (Å²) in [5, 5.41) is 11.3. The molecule has 0 spiro atoms. The van der Waals surface area contributed by atoms with E-state index in [1.807, 2.05) is 49.4 Å². The van der Waals surface area contributed by atoms with Crippen molar-refractivity contribution in [3.05, 3.63) is 95.3 Å². The third kappa shape index (κ3) is 6.49. The van der Waals surface area contributed by atoms with Crippen LogP contribution < -0.4 is 5.32 Å². The molecule has 1 aliphatic heterocycles. The summed E-state index contributed by atoms with van der Waals surface area (Å²) in [6.07, 6.45) is 2.31. The summed E-state index contributed by atoms with van der Waals surface area (Å²) in [7, 11) is 0. The lowest BCUT2D eigenvalue weighted by molar-refractivity contribution is -0.141. The average Bonchev–Trinajstić information content (AvgIpc) is 3.61. The molecule has 1 aromatic heterocycles. The molecule has 8 nitrogen and oxygen atoms in total. The number of hydrogen-bond donors (Lipinski definition) is 1. The van der Waals surface area contributed by atoms with Gasteiger partial charge in [-0.05, 0) is 61.6 Å². The molecular formula is C30H32FN5O3. The fourth-order valence-corrected chi connectivity index (χ4v) is 5.00. The van der Waals surface area contributed by atoms with E-state index in [0.29, 0.717) is 30.7 Å². The van der Waals surface area contributed by atoms with Crippen LogP contribution >= 0.6 is 0 Å². The molecule has 1 aliphatic rings. The molecule has 0 unspecified atom stereocenters. The second-order valence-electron chi connectivity index (χ2n) is 9.90. The van der Waals surface area contributed by atoms with E-state index in [4.69, 9.17) is 4.74 Å². The summed E-state index contributed by atoms with van der Waals surface area (Å²) >= 11 is 0. The van der Waals surface area contributed by atoms with Gasteiger partial charge in [0.05, 0.1) is 11.6 Å². The number of amides is 2. The minimum atomic E-state index is -0.959. The lowest BCUT2D eigenvalue weighted by Crippen LogP contribution is -2.47. The molecule has 1 N–H and O–H groups in total. The number of aromatic nitrogens is 3. The lowest BCUT2D eigenvalue weighted by atomic mass is 10.0. The first-order valence-electron chi connectivity index (χ1n) is 13.3. The molecule has 0 saturated carbocycles. The molecule has 5 rings (SSSR count). The quantitative estimate of drug-likeness (QED) is 0.336. The molecular weight excluding hydrogens is 497 g/mol. The molecule has 2 atom stereocenters. The van der Waals surface area contributed by atoms with Crippen molar-refractivity contribution in [3.63, 3.8) is 0 Å². The van der Waals surface area contributed by atoms with Gasteiger partial charge in [0, 0.05) is 19.7 Å². The van der Waals surface area contributed by atoms with Crippen LogP contribution in [0.25, 0.3) is 11.0 Å². The predicted molar refractivity (Wildman–Crippen MR) is 145 cm³/mol. The summed E-state index contributed by atoms with van der Waals surface area (Å²) in [6, 6.07) is 20.3. The Bertz CT molecular complexity index is 1430. The number of carbonyl (C=O) groups excluding carboxylic acids is 2. The van der Waals surface area contributed by atoms with E-state index >= 15 is 0 Å². The van der Waals surface area contributed by atoms with Crippen molar-refractivity contribution in [1.82, 2.24) is 25.2 Å². The number of fused-ring (bicyclic) bond motifs is 1.